The Balaban J connectivity index is 2.65. The van der Waals surface area contributed by atoms with Gasteiger partial charge in [-0.2, -0.15) is 0 Å². The molecule has 0 saturated carbocycles. The van der Waals surface area contributed by atoms with Crippen LogP contribution in [0, 0.1) is 5.41 Å². The minimum absolute atomic E-state index is 0.0622. The summed E-state index contributed by atoms with van der Waals surface area (Å²) in [7, 11) is 1.39. The zero-order valence-corrected chi connectivity index (χ0v) is 15.4. The molecule has 1 aliphatic heterocycles. The number of methoxy groups -OCH3 is 1. The maximum absolute atomic E-state index is 12.4. The quantitative estimate of drug-likeness (QED) is 0.482. The van der Waals surface area contributed by atoms with Gasteiger partial charge in [-0.15, -0.1) is 0 Å². The van der Waals surface area contributed by atoms with E-state index < -0.39 is 6.04 Å². The van der Waals surface area contributed by atoms with Crippen LogP contribution in [-0.4, -0.2) is 49.2 Å². The molecule has 1 unspecified atom stereocenters. The standard InChI is InChI=1S/C18H33NO4/c1-6-7-12-23-13-8-9-14-10-11-15(20)19(14)16(17(21)22-5)18(2,3)4/h14,16H,6-13H2,1-5H3/t14?,16-/m1/s1. The second-order valence-corrected chi connectivity index (χ2v) is 7.39. The maximum atomic E-state index is 12.4. The van der Waals surface area contributed by atoms with Gasteiger partial charge >= 0.3 is 5.97 Å². The van der Waals surface area contributed by atoms with Crippen molar-refractivity contribution in [1.29, 1.82) is 0 Å². The predicted octanol–water partition coefficient (Wildman–Crippen LogP) is 3.16. The first-order valence-electron chi connectivity index (χ1n) is 8.79. The number of amides is 1. The van der Waals surface area contributed by atoms with Gasteiger partial charge in [0, 0.05) is 25.7 Å². The van der Waals surface area contributed by atoms with Crippen LogP contribution in [0.15, 0.2) is 0 Å². The molecule has 1 amide bonds. The average Bonchev–Trinajstić information content (AvgIpc) is 2.83. The highest BCUT2D eigenvalue weighted by molar-refractivity contribution is 5.86. The molecule has 1 rings (SSSR count). The van der Waals surface area contributed by atoms with E-state index in [2.05, 4.69) is 6.92 Å². The van der Waals surface area contributed by atoms with Crippen molar-refractivity contribution in [3.63, 3.8) is 0 Å². The van der Waals surface area contributed by atoms with E-state index in [1.165, 1.54) is 7.11 Å². The van der Waals surface area contributed by atoms with Crippen molar-refractivity contribution in [3.05, 3.63) is 0 Å². The van der Waals surface area contributed by atoms with Crippen molar-refractivity contribution < 1.29 is 19.1 Å². The SMILES string of the molecule is CCCCOCCCC1CCC(=O)N1[C@H](C(=O)OC)C(C)(C)C. The Morgan fingerprint density at radius 3 is 2.52 bits per heavy atom. The van der Waals surface area contributed by atoms with Crippen LogP contribution in [0.25, 0.3) is 0 Å². The lowest BCUT2D eigenvalue weighted by Crippen LogP contribution is -2.53. The third-order valence-electron chi connectivity index (χ3n) is 4.36. The van der Waals surface area contributed by atoms with Crippen LogP contribution in [0.1, 0.15) is 66.2 Å². The van der Waals surface area contributed by atoms with Crippen molar-refractivity contribution in [2.45, 2.75) is 78.3 Å². The fourth-order valence-electron chi connectivity index (χ4n) is 3.17. The molecule has 1 aliphatic rings. The number of carbonyl (C=O) groups excluding carboxylic acids is 2. The van der Waals surface area contributed by atoms with Crippen molar-refractivity contribution in [1.82, 2.24) is 4.90 Å². The molecule has 1 fully saturated rings. The average molecular weight is 327 g/mol. The van der Waals surface area contributed by atoms with Crippen LogP contribution >= 0.6 is 0 Å². The Hall–Kier alpha value is -1.10. The van der Waals surface area contributed by atoms with Gasteiger partial charge in [0.2, 0.25) is 5.91 Å². The molecule has 23 heavy (non-hydrogen) atoms. The van der Waals surface area contributed by atoms with Gasteiger partial charge in [-0.3, -0.25) is 4.79 Å². The fourth-order valence-corrected chi connectivity index (χ4v) is 3.17. The van der Waals surface area contributed by atoms with Crippen LogP contribution in [0.3, 0.4) is 0 Å². The van der Waals surface area contributed by atoms with E-state index in [0.29, 0.717) is 6.42 Å². The molecule has 5 heteroatoms. The molecule has 0 aromatic rings. The lowest BCUT2D eigenvalue weighted by Gasteiger charge is -2.39. The Bertz CT molecular complexity index is 389. The van der Waals surface area contributed by atoms with Gasteiger partial charge in [-0.05, 0) is 31.1 Å². The zero-order valence-electron chi connectivity index (χ0n) is 15.4. The Morgan fingerprint density at radius 2 is 1.96 bits per heavy atom. The Morgan fingerprint density at radius 1 is 1.30 bits per heavy atom. The molecular formula is C18H33NO4. The number of unbranched alkanes of at least 4 members (excludes halogenated alkanes) is 1. The summed E-state index contributed by atoms with van der Waals surface area (Å²) in [5.41, 5.74) is -0.344. The molecule has 0 aliphatic carbocycles. The molecule has 0 radical (unpaired) electrons. The summed E-state index contributed by atoms with van der Waals surface area (Å²) in [4.78, 5) is 26.4. The van der Waals surface area contributed by atoms with E-state index in [9.17, 15) is 9.59 Å². The smallest absolute Gasteiger partial charge is 0.329 e. The minimum Gasteiger partial charge on any atom is -0.467 e. The van der Waals surface area contributed by atoms with Gasteiger partial charge in [-0.1, -0.05) is 34.1 Å². The van der Waals surface area contributed by atoms with E-state index >= 15 is 0 Å². The van der Waals surface area contributed by atoms with Crippen molar-refractivity contribution >= 4 is 11.9 Å². The number of likely N-dealkylation sites (tertiary alicyclic amines) is 1. The predicted molar refractivity (Wildman–Crippen MR) is 90.1 cm³/mol. The van der Waals surface area contributed by atoms with E-state index in [0.717, 1.165) is 45.3 Å². The number of hydrogen-bond donors (Lipinski definition) is 0. The first kappa shape index (κ1) is 19.9. The van der Waals surface area contributed by atoms with Gasteiger partial charge in [0.05, 0.1) is 7.11 Å². The Kier molecular flexibility index (Phi) is 8.03. The van der Waals surface area contributed by atoms with Gasteiger partial charge in [0.15, 0.2) is 0 Å². The molecule has 2 atom stereocenters. The van der Waals surface area contributed by atoms with Crippen LogP contribution in [0.2, 0.25) is 0 Å². The van der Waals surface area contributed by atoms with Crippen LogP contribution in [0.5, 0.6) is 0 Å². The van der Waals surface area contributed by atoms with Crippen LogP contribution in [-0.2, 0) is 19.1 Å². The summed E-state index contributed by atoms with van der Waals surface area (Å²) >= 11 is 0. The number of esters is 1. The lowest BCUT2D eigenvalue weighted by molar-refractivity contribution is -0.157. The second-order valence-electron chi connectivity index (χ2n) is 7.39. The van der Waals surface area contributed by atoms with Crippen molar-refractivity contribution in [2.75, 3.05) is 20.3 Å². The van der Waals surface area contributed by atoms with E-state index in [1.807, 2.05) is 20.8 Å². The van der Waals surface area contributed by atoms with Gasteiger partial charge < -0.3 is 14.4 Å². The van der Waals surface area contributed by atoms with Crippen LogP contribution < -0.4 is 0 Å². The molecule has 0 aromatic carbocycles. The first-order valence-corrected chi connectivity index (χ1v) is 8.79. The summed E-state index contributed by atoms with van der Waals surface area (Å²) in [6.45, 7) is 9.60. The number of ether oxygens (including phenoxy) is 2. The number of carbonyl (C=O) groups is 2. The summed E-state index contributed by atoms with van der Waals surface area (Å²) in [6.07, 6.45) is 5.35. The molecule has 134 valence electrons. The van der Waals surface area contributed by atoms with E-state index in [-0.39, 0.29) is 23.3 Å². The normalized spacial score (nSPS) is 20.0. The third-order valence-corrected chi connectivity index (χ3v) is 4.36. The van der Waals surface area contributed by atoms with Crippen molar-refractivity contribution in [3.8, 4) is 0 Å². The summed E-state index contributed by atoms with van der Waals surface area (Å²) in [6, 6.07) is -0.408. The molecule has 0 spiro atoms. The van der Waals surface area contributed by atoms with Gasteiger partial charge in [-0.25, -0.2) is 4.79 Å². The maximum Gasteiger partial charge on any atom is 0.329 e. The summed E-state index contributed by atoms with van der Waals surface area (Å²) in [5, 5.41) is 0. The van der Waals surface area contributed by atoms with Gasteiger partial charge in [0.1, 0.15) is 6.04 Å². The van der Waals surface area contributed by atoms with E-state index in [4.69, 9.17) is 9.47 Å². The fraction of sp³-hybridized carbons (Fsp3) is 0.889. The Labute approximate surface area is 140 Å². The molecule has 1 saturated heterocycles. The molecule has 1 heterocycles. The summed E-state index contributed by atoms with van der Waals surface area (Å²) < 4.78 is 10.6. The molecule has 0 aromatic heterocycles. The third kappa shape index (κ3) is 5.79. The van der Waals surface area contributed by atoms with Crippen LogP contribution in [0.4, 0.5) is 0 Å². The highest BCUT2D eigenvalue weighted by Gasteiger charge is 2.45. The lowest BCUT2D eigenvalue weighted by atomic mass is 9.85. The monoisotopic (exact) mass is 327 g/mol. The first-order chi connectivity index (χ1) is 10.8. The van der Waals surface area contributed by atoms with Gasteiger partial charge in [0.25, 0.3) is 0 Å². The largest absolute Gasteiger partial charge is 0.467 e. The van der Waals surface area contributed by atoms with Crippen molar-refractivity contribution in [2.24, 2.45) is 5.41 Å². The molecular weight excluding hydrogens is 294 g/mol. The number of rotatable bonds is 9. The molecule has 5 nitrogen and oxygen atoms in total. The minimum atomic E-state index is -0.520. The molecule has 0 N–H and O–H groups in total. The number of hydrogen-bond acceptors (Lipinski definition) is 4. The topological polar surface area (TPSA) is 55.8 Å². The highest BCUT2D eigenvalue weighted by Crippen LogP contribution is 2.33. The van der Waals surface area contributed by atoms with E-state index in [1.54, 1.807) is 4.90 Å². The highest BCUT2D eigenvalue weighted by atomic mass is 16.5. The second kappa shape index (κ2) is 9.26. The number of nitrogens with zero attached hydrogens (tertiary/aromatic N) is 1. The summed E-state index contributed by atoms with van der Waals surface area (Å²) in [5.74, 6) is -0.260. The zero-order chi connectivity index (χ0) is 17.5. The molecule has 0 bridgehead atoms.